The molecule has 2 N–H and O–H groups in total. The van der Waals surface area contributed by atoms with Crippen LogP contribution in [0, 0.1) is 0 Å². The van der Waals surface area contributed by atoms with Crippen molar-refractivity contribution in [1.29, 1.82) is 0 Å². The number of ether oxygens (including phenoxy) is 1. The third kappa shape index (κ3) is 4.16. The summed E-state index contributed by atoms with van der Waals surface area (Å²) in [4.78, 5) is 45.4. The number of esters is 1. The molecule has 0 saturated carbocycles. The fraction of sp³-hybridized carbons (Fsp3) is 0.385. The van der Waals surface area contributed by atoms with Gasteiger partial charge in [-0.25, -0.2) is 4.79 Å². The molecule has 21 heavy (non-hydrogen) atoms. The number of aryl methyl sites for hydroxylation is 1. The maximum absolute atomic E-state index is 12.0. The van der Waals surface area contributed by atoms with Crippen LogP contribution in [0.25, 0.3) is 0 Å². The first kappa shape index (κ1) is 16.4. The minimum absolute atomic E-state index is 0.122. The molecule has 0 aliphatic rings. The van der Waals surface area contributed by atoms with Gasteiger partial charge in [-0.3, -0.25) is 14.4 Å². The Hall–Kier alpha value is -2.64. The number of aromatic nitrogens is 1. The lowest BCUT2D eigenvalue weighted by molar-refractivity contribution is -0.147. The summed E-state index contributed by atoms with van der Waals surface area (Å²) in [5.74, 6) is -3.01. The van der Waals surface area contributed by atoms with Crippen LogP contribution in [0.5, 0.6) is 0 Å². The number of hydrogen-bond acceptors (Lipinski definition) is 5. The van der Waals surface area contributed by atoms with E-state index in [1.165, 1.54) is 23.8 Å². The van der Waals surface area contributed by atoms with Crippen molar-refractivity contribution in [3.05, 3.63) is 23.5 Å². The molecule has 1 aromatic heterocycles. The molecule has 0 fully saturated rings. The number of hydrogen-bond donors (Lipinski definition) is 2. The molecular formula is C13H16N2O6. The van der Waals surface area contributed by atoms with E-state index in [2.05, 4.69) is 10.1 Å². The van der Waals surface area contributed by atoms with Gasteiger partial charge in [0.15, 0.2) is 5.78 Å². The third-order valence-electron chi connectivity index (χ3n) is 2.85. The van der Waals surface area contributed by atoms with Gasteiger partial charge in [0.05, 0.1) is 13.5 Å². The molecule has 1 rings (SSSR count). The van der Waals surface area contributed by atoms with Crippen molar-refractivity contribution in [3.8, 4) is 0 Å². The Morgan fingerprint density at radius 3 is 2.43 bits per heavy atom. The van der Waals surface area contributed by atoms with E-state index in [0.717, 1.165) is 7.11 Å². The molecule has 0 saturated heterocycles. The summed E-state index contributed by atoms with van der Waals surface area (Å²) in [5, 5.41) is 11.2. The monoisotopic (exact) mass is 296 g/mol. The smallest absolute Gasteiger partial charge is 0.326 e. The summed E-state index contributed by atoms with van der Waals surface area (Å²) in [6, 6.07) is -0.0463. The predicted molar refractivity (Wildman–Crippen MR) is 70.9 cm³/mol. The van der Waals surface area contributed by atoms with Crippen molar-refractivity contribution in [3.63, 3.8) is 0 Å². The minimum Gasteiger partial charge on any atom is -0.480 e. The van der Waals surface area contributed by atoms with Crippen molar-refractivity contribution >= 4 is 23.6 Å². The summed E-state index contributed by atoms with van der Waals surface area (Å²) in [7, 11) is 2.68. The number of nitrogens with zero attached hydrogens (tertiary/aromatic N) is 1. The van der Waals surface area contributed by atoms with E-state index in [0.29, 0.717) is 5.56 Å². The quantitative estimate of drug-likeness (QED) is 0.563. The topological polar surface area (TPSA) is 115 Å². The highest BCUT2D eigenvalue weighted by molar-refractivity contribution is 6.00. The van der Waals surface area contributed by atoms with Crippen LogP contribution in [0.2, 0.25) is 0 Å². The van der Waals surface area contributed by atoms with Crippen LogP contribution >= 0.6 is 0 Å². The molecule has 1 aromatic rings. The zero-order valence-corrected chi connectivity index (χ0v) is 11.9. The van der Waals surface area contributed by atoms with E-state index >= 15 is 0 Å². The number of carboxylic acid groups (broad SMARTS) is 1. The van der Waals surface area contributed by atoms with E-state index in [1.54, 1.807) is 7.05 Å². The lowest BCUT2D eigenvalue weighted by Gasteiger charge is -2.13. The Morgan fingerprint density at radius 2 is 2.00 bits per heavy atom. The maximum Gasteiger partial charge on any atom is 0.326 e. The van der Waals surface area contributed by atoms with Gasteiger partial charge in [-0.2, -0.15) is 0 Å². The second-order valence-corrected chi connectivity index (χ2v) is 4.43. The summed E-state index contributed by atoms with van der Waals surface area (Å²) in [5.41, 5.74) is 0.457. The average molecular weight is 296 g/mol. The maximum atomic E-state index is 12.0. The van der Waals surface area contributed by atoms with Crippen LogP contribution in [0.15, 0.2) is 12.3 Å². The van der Waals surface area contributed by atoms with E-state index in [4.69, 9.17) is 5.11 Å². The number of rotatable bonds is 6. The van der Waals surface area contributed by atoms with Crippen molar-refractivity contribution in [2.75, 3.05) is 7.11 Å². The van der Waals surface area contributed by atoms with Crippen molar-refractivity contribution < 1.29 is 29.0 Å². The SMILES string of the molecule is COC(=O)C[C@H](NC(=O)c1cc(C(C)=O)cn1C)C(=O)O. The fourth-order valence-electron chi connectivity index (χ4n) is 1.67. The third-order valence-corrected chi connectivity index (χ3v) is 2.85. The molecule has 0 unspecified atom stereocenters. The summed E-state index contributed by atoms with van der Waals surface area (Å²) >= 11 is 0. The van der Waals surface area contributed by atoms with Gasteiger partial charge in [0, 0.05) is 18.8 Å². The predicted octanol–water partition coefficient (Wildman–Crippen LogP) is -0.0262. The first-order chi connectivity index (χ1) is 9.76. The number of carbonyl (C=O) groups is 4. The summed E-state index contributed by atoms with van der Waals surface area (Å²) in [6.45, 7) is 1.36. The number of amides is 1. The number of carbonyl (C=O) groups excluding carboxylic acids is 3. The highest BCUT2D eigenvalue weighted by atomic mass is 16.5. The van der Waals surface area contributed by atoms with Crippen LogP contribution in [-0.2, 0) is 21.4 Å². The normalized spacial score (nSPS) is 11.6. The molecule has 1 atom stereocenters. The van der Waals surface area contributed by atoms with Crippen LogP contribution in [-0.4, -0.2) is 46.5 Å². The van der Waals surface area contributed by atoms with Gasteiger partial charge in [0.25, 0.3) is 5.91 Å². The minimum atomic E-state index is -1.40. The Labute approximate surface area is 120 Å². The summed E-state index contributed by atoms with van der Waals surface area (Å²) < 4.78 is 5.78. The second kappa shape index (κ2) is 6.69. The Kier molecular flexibility index (Phi) is 5.23. The Morgan fingerprint density at radius 1 is 1.38 bits per heavy atom. The van der Waals surface area contributed by atoms with Crippen molar-refractivity contribution in [2.24, 2.45) is 7.05 Å². The Bertz CT molecular complexity index is 589. The lowest BCUT2D eigenvalue weighted by atomic mass is 10.2. The molecule has 1 heterocycles. The van der Waals surface area contributed by atoms with E-state index in [1.807, 2.05) is 0 Å². The van der Waals surface area contributed by atoms with Crippen LogP contribution < -0.4 is 5.32 Å². The van der Waals surface area contributed by atoms with Gasteiger partial charge < -0.3 is 19.7 Å². The Balaban J connectivity index is 2.89. The van der Waals surface area contributed by atoms with Crippen LogP contribution in [0.3, 0.4) is 0 Å². The molecule has 0 aliphatic carbocycles. The van der Waals surface area contributed by atoms with Crippen molar-refractivity contribution in [1.82, 2.24) is 9.88 Å². The van der Waals surface area contributed by atoms with Crippen molar-refractivity contribution in [2.45, 2.75) is 19.4 Å². The summed E-state index contributed by atoms with van der Waals surface area (Å²) in [6.07, 6.45) is 0.981. The van der Waals surface area contributed by atoms with E-state index in [9.17, 15) is 19.2 Å². The highest BCUT2D eigenvalue weighted by Gasteiger charge is 2.25. The molecule has 0 aromatic carbocycles. The highest BCUT2D eigenvalue weighted by Crippen LogP contribution is 2.09. The van der Waals surface area contributed by atoms with Gasteiger partial charge >= 0.3 is 11.9 Å². The molecule has 0 radical (unpaired) electrons. The molecule has 0 aliphatic heterocycles. The standard InChI is InChI=1S/C13H16N2O6/c1-7(16)8-4-10(15(2)6-8)12(18)14-9(13(19)20)5-11(17)21-3/h4,6,9H,5H2,1-3H3,(H,14,18)(H,19,20)/t9-/m0/s1. The van der Waals surface area contributed by atoms with Gasteiger partial charge in [0.2, 0.25) is 0 Å². The number of aliphatic carboxylic acids is 1. The largest absolute Gasteiger partial charge is 0.480 e. The number of nitrogens with one attached hydrogen (secondary N) is 1. The molecule has 8 nitrogen and oxygen atoms in total. The first-order valence-corrected chi connectivity index (χ1v) is 6.04. The van der Waals surface area contributed by atoms with Crippen LogP contribution in [0.1, 0.15) is 34.2 Å². The average Bonchev–Trinajstić information content (AvgIpc) is 2.79. The number of carboxylic acids is 1. The number of Topliss-reactive ketones (excluding diaryl/α,β-unsaturated/α-hetero) is 1. The molecule has 114 valence electrons. The van der Waals surface area contributed by atoms with Gasteiger partial charge in [-0.15, -0.1) is 0 Å². The fourth-order valence-corrected chi connectivity index (χ4v) is 1.67. The molecular weight excluding hydrogens is 280 g/mol. The zero-order valence-electron chi connectivity index (χ0n) is 11.9. The number of ketones is 1. The van der Waals surface area contributed by atoms with E-state index in [-0.39, 0.29) is 11.5 Å². The lowest BCUT2D eigenvalue weighted by Crippen LogP contribution is -2.42. The molecule has 8 heteroatoms. The van der Waals surface area contributed by atoms with E-state index < -0.39 is 30.3 Å². The molecule has 1 amide bonds. The van der Waals surface area contributed by atoms with Crippen LogP contribution in [0.4, 0.5) is 0 Å². The first-order valence-electron chi connectivity index (χ1n) is 6.04. The number of methoxy groups -OCH3 is 1. The zero-order chi connectivity index (χ0) is 16.2. The molecule has 0 bridgehead atoms. The van der Waals surface area contributed by atoms with Gasteiger partial charge in [0.1, 0.15) is 11.7 Å². The second-order valence-electron chi connectivity index (χ2n) is 4.43. The van der Waals surface area contributed by atoms with Gasteiger partial charge in [-0.1, -0.05) is 0 Å². The molecule has 0 spiro atoms. The van der Waals surface area contributed by atoms with Gasteiger partial charge in [-0.05, 0) is 13.0 Å².